The molecule has 4 heteroatoms. The highest BCUT2D eigenvalue weighted by Gasteiger charge is 2.28. The van der Waals surface area contributed by atoms with Gasteiger partial charge in [-0.15, -0.1) is 0 Å². The molecule has 1 atom stereocenters. The number of amides is 1. The fourth-order valence-corrected chi connectivity index (χ4v) is 2.93. The van der Waals surface area contributed by atoms with Gasteiger partial charge in [-0.25, -0.2) is 0 Å². The minimum atomic E-state index is -0.159. The molecule has 0 heterocycles. The average Bonchev–Trinajstić information content (AvgIpc) is 2.54. The van der Waals surface area contributed by atoms with Crippen LogP contribution in [0.4, 0.5) is 0 Å². The van der Waals surface area contributed by atoms with Gasteiger partial charge in [0.05, 0.1) is 20.1 Å². The number of rotatable bonds is 9. The predicted molar refractivity (Wildman–Crippen MR) is 94.3 cm³/mol. The monoisotopic (exact) mass is 321 g/mol. The molecular formula is C19H31NO3. The summed E-state index contributed by atoms with van der Waals surface area (Å²) in [4.78, 5) is 15.1. The first-order valence-corrected chi connectivity index (χ1v) is 8.50. The van der Waals surface area contributed by atoms with Crippen molar-refractivity contribution in [3.05, 3.63) is 23.8 Å². The van der Waals surface area contributed by atoms with Gasteiger partial charge in [-0.3, -0.25) is 4.79 Å². The molecule has 0 N–H and O–H groups in total. The lowest BCUT2D eigenvalue weighted by Gasteiger charge is -2.29. The van der Waals surface area contributed by atoms with Crippen LogP contribution in [-0.2, 0) is 4.79 Å². The van der Waals surface area contributed by atoms with E-state index in [1.54, 1.807) is 14.2 Å². The predicted octanol–water partition coefficient (Wildman–Crippen LogP) is 4.09. The standard InChI is InChI=1S/C19H31NO3/c1-7-11-20(12-8-2)19(21)18(14(3)4)15-9-10-16(22-5)17(13-15)23-6/h9-10,13-14,18H,7-8,11-12H2,1-6H3. The van der Waals surface area contributed by atoms with E-state index in [-0.39, 0.29) is 17.7 Å². The van der Waals surface area contributed by atoms with Gasteiger partial charge in [-0.2, -0.15) is 0 Å². The maximum atomic E-state index is 13.1. The number of nitrogens with zero attached hydrogens (tertiary/aromatic N) is 1. The Labute approximate surface area is 140 Å². The van der Waals surface area contributed by atoms with Gasteiger partial charge < -0.3 is 14.4 Å². The molecule has 130 valence electrons. The Morgan fingerprint density at radius 2 is 1.61 bits per heavy atom. The first-order chi connectivity index (χ1) is 11.0. The Morgan fingerprint density at radius 3 is 2.04 bits per heavy atom. The molecule has 0 saturated heterocycles. The van der Waals surface area contributed by atoms with Crippen molar-refractivity contribution in [3.8, 4) is 11.5 Å². The summed E-state index contributed by atoms with van der Waals surface area (Å²) in [7, 11) is 3.24. The largest absolute Gasteiger partial charge is 0.493 e. The van der Waals surface area contributed by atoms with Gasteiger partial charge in [0.15, 0.2) is 11.5 Å². The molecule has 0 spiro atoms. The van der Waals surface area contributed by atoms with E-state index in [9.17, 15) is 4.79 Å². The summed E-state index contributed by atoms with van der Waals surface area (Å²) in [6.45, 7) is 10.0. The van der Waals surface area contributed by atoms with E-state index in [0.29, 0.717) is 11.5 Å². The van der Waals surface area contributed by atoms with Crippen LogP contribution in [0, 0.1) is 5.92 Å². The van der Waals surface area contributed by atoms with E-state index >= 15 is 0 Å². The average molecular weight is 321 g/mol. The second-order valence-corrected chi connectivity index (χ2v) is 6.16. The summed E-state index contributed by atoms with van der Waals surface area (Å²) in [5.41, 5.74) is 0.986. The summed E-state index contributed by atoms with van der Waals surface area (Å²) >= 11 is 0. The molecule has 1 rings (SSSR count). The van der Waals surface area contributed by atoms with Crippen molar-refractivity contribution in [3.63, 3.8) is 0 Å². The zero-order valence-corrected chi connectivity index (χ0v) is 15.4. The SMILES string of the molecule is CCCN(CCC)C(=O)C(c1ccc(OC)c(OC)c1)C(C)C. The molecule has 0 aliphatic carbocycles. The quantitative estimate of drug-likeness (QED) is 0.687. The highest BCUT2D eigenvalue weighted by Crippen LogP contribution is 2.34. The zero-order chi connectivity index (χ0) is 17.4. The van der Waals surface area contributed by atoms with Crippen molar-refractivity contribution in [2.45, 2.75) is 46.5 Å². The summed E-state index contributed by atoms with van der Waals surface area (Å²) in [5, 5.41) is 0. The van der Waals surface area contributed by atoms with Crippen molar-refractivity contribution in [1.29, 1.82) is 0 Å². The first kappa shape index (κ1) is 19.3. The summed E-state index contributed by atoms with van der Waals surface area (Å²) in [6.07, 6.45) is 1.95. The summed E-state index contributed by atoms with van der Waals surface area (Å²) in [5.74, 6) is 1.62. The van der Waals surface area contributed by atoms with Gasteiger partial charge in [0.1, 0.15) is 0 Å². The van der Waals surface area contributed by atoms with Crippen molar-refractivity contribution in [2.75, 3.05) is 27.3 Å². The molecule has 0 aliphatic rings. The third kappa shape index (κ3) is 4.88. The maximum absolute atomic E-state index is 13.1. The molecule has 0 bridgehead atoms. The van der Waals surface area contributed by atoms with Crippen LogP contribution in [0.2, 0.25) is 0 Å². The van der Waals surface area contributed by atoms with Crippen LogP contribution in [0.1, 0.15) is 52.0 Å². The second kappa shape index (κ2) is 9.43. The highest BCUT2D eigenvalue weighted by atomic mass is 16.5. The number of hydrogen-bond acceptors (Lipinski definition) is 3. The normalized spacial score (nSPS) is 12.1. The number of ether oxygens (including phenoxy) is 2. The van der Waals surface area contributed by atoms with Gasteiger partial charge in [0, 0.05) is 13.1 Å². The molecule has 0 aromatic heterocycles. The van der Waals surface area contributed by atoms with E-state index in [0.717, 1.165) is 31.5 Å². The fourth-order valence-electron chi connectivity index (χ4n) is 2.93. The van der Waals surface area contributed by atoms with Gasteiger partial charge in [-0.05, 0) is 36.5 Å². The van der Waals surface area contributed by atoms with Crippen molar-refractivity contribution < 1.29 is 14.3 Å². The van der Waals surface area contributed by atoms with E-state index in [1.807, 2.05) is 23.1 Å². The van der Waals surface area contributed by atoms with E-state index in [1.165, 1.54) is 0 Å². The van der Waals surface area contributed by atoms with Crippen LogP contribution in [0.3, 0.4) is 0 Å². The van der Waals surface area contributed by atoms with Crippen LogP contribution < -0.4 is 9.47 Å². The Hall–Kier alpha value is -1.71. The minimum absolute atomic E-state index is 0.159. The number of benzene rings is 1. The van der Waals surface area contributed by atoms with E-state index in [4.69, 9.17) is 9.47 Å². The lowest BCUT2D eigenvalue weighted by atomic mass is 9.86. The molecule has 0 saturated carbocycles. The molecule has 23 heavy (non-hydrogen) atoms. The third-order valence-electron chi connectivity index (χ3n) is 4.00. The zero-order valence-electron chi connectivity index (χ0n) is 15.4. The Morgan fingerprint density at radius 1 is 1.04 bits per heavy atom. The van der Waals surface area contributed by atoms with Gasteiger partial charge >= 0.3 is 0 Å². The Bertz CT molecular complexity index is 493. The smallest absolute Gasteiger partial charge is 0.230 e. The number of carbonyl (C=O) groups is 1. The molecule has 0 radical (unpaired) electrons. The first-order valence-electron chi connectivity index (χ1n) is 8.50. The third-order valence-corrected chi connectivity index (χ3v) is 4.00. The van der Waals surface area contributed by atoms with Crippen LogP contribution >= 0.6 is 0 Å². The molecule has 1 aromatic rings. The number of methoxy groups -OCH3 is 2. The van der Waals surface area contributed by atoms with Gasteiger partial charge in [0.2, 0.25) is 5.91 Å². The topological polar surface area (TPSA) is 38.8 Å². The molecule has 0 fully saturated rings. The minimum Gasteiger partial charge on any atom is -0.493 e. The lowest BCUT2D eigenvalue weighted by Crippen LogP contribution is -2.38. The Kier molecular flexibility index (Phi) is 7.93. The molecule has 4 nitrogen and oxygen atoms in total. The van der Waals surface area contributed by atoms with Crippen LogP contribution in [-0.4, -0.2) is 38.1 Å². The van der Waals surface area contributed by atoms with Gasteiger partial charge in [0.25, 0.3) is 0 Å². The number of carbonyl (C=O) groups excluding carboxylic acids is 1. The van der Waals surface area contributed by atoms with Crippen LogP contribution in [0.25, 0.3) is 0 Å². The summed E-state index contributed by atoms with van der Waals surface area (Å²) in [6, 6.07) is 5.78. The molecule has 1 unspecified atom stereocenters. The van der Waals surface area contributed by atoms with Crippen molar-refractivity contribution >= 4 is 5.91 Å². The van der Waals surface area contributed by atoms with Crippen LogP contribution in [0.5, 0.6) is 11.5 Å². The van der Waals surface area contributed by atoms with Crippen molar-refractivity contribution in [2.24, 2.45) is 5.92 Å². The molecule has 0 aliphatic heterocycles. The van der Waals surface area contributed by atoms with E-state index in [2.05, 4.69) is 27.7 Å². The Balaban J connectivity index is 3.17. The number of hydrogen-bond donors (Lipinski definition) is 0. The lowest BCUT2D eigenvalue weighted by molar-refractivity contribution is -0.134. The maximum Gasteiger partial charge on any atom is 0.230 e. The fraction of sp³-hybridized carbons (Fsp3) is 0.632. The summed E-state index contributed by atoms with van der Waals surface area (Å²) < 4.78 is 10.7. The van der Waals surface area contributed by atoms with Crippen molar-refractivity contribution in [1.82, 2.24) is 4.90 Å². The molecular weight excluding hydrogens is 290 g/mol. The van der Waals surface area contributed by atoms with Crippen LogP contribution in [0.15, 0.2) is 18.2 Å². The molecule has 1 amide bonds. The highest BCUT2D eigenvalue weighted by molar-refractivity contribution is 5.84. The van der Waals surface area contributed by atoms with Gasteiger partial charge in [-0.1, -0.05) is 33.8 Å². The van der Waals surface area contributed by atoms with E-state index < -0.39 is 0 Å². The molecule has 1 aromatic carbocycles. The second-order valence-electron chi connectivity index (χ2n) is 6.16.